The molecule has 0 aliphatic rings. The largest absolute Gasteiger partial charge is 0.269 e. The number of hydrogen-bond donors (Lipinski definition) is 0. The Morgan fingerprint density at radius 2 is 2.13 bits per heavy atom. The van der Waals surface area contributed by atoms with Crippen molar-refractivity contribution in [3.05, 3.63) is 48.2 Å². The summed E-state index contributed by atoms with van der Waals surface area (Å²) >= 11 is 0. The minimum atomic E-state index is 0.666. The predicted octanol–water partition coefficient (Wildman–Crippen LogP) is 2.51. The number of rotatable bonds is 4. The molecule has 0 N–H and O–H groups in total. The van der Waals surface area contributed by atoms with Crippen LogP contribution in [0.4, 0.5) is 0 Å². The van der Waals surface area contributed by atoms with Gasteiger partial charge in [-0.3, -0.25) is 5.01 Å². The average Bonchev–Trinajstić information content (AvgIpc) is 2.29. The van der Waals surface area contributed by atoms with Crippen molar-refractivity contribution in [2.75, 3.05) is 0 Å². The van der Waals surface area contributed by atoms with Crippen LogP contribution in [-0.4, -0.2) is 11.2 Å². The van der Waals surface area contributed by atoms with Crippen LogP contribution in [0.3, 0.4) is 0 Å². The minimum Gasteiger partial charge on any atom is -0.269 e. The molecule has 0 fully saturated rings. The van der Waals surface area contributed by atoms with Crippen LogP contribution in [0.2, 0.25) is 0 Å². The third-order valence-electron chi connectivity index (χ3n) is 1.90. The van der Waals surface area contributed by atoms with Crippen LogP contribution in [0.1, 0.15) is 18.1 Å². The minimum absolute atomic E-state index is 0.666. The highest BCUT2D eigenvalue weighted by Gasteiger charge is 1.97. The van der Waals surface area contributed by atoms with Crippen LogP contribution in [0, 0.1) is 11.3 Å². The molecule has 1 aromatic rings. The Balaban J connectivity index is 2.72. The second-order valence-corrected chi connectivity index (χ2v) is 2.96. The van der Waals surface area contributed by atoms with E-state index < -0.39 is 0 Å². The first-order valence-electron chi connectivity index (χ1n) is 4.67. The zero-order valence-electron chi connectivity index (χ0n) is 8.72. The van der Waals surface area contributed by atoms with Crippen LogP contribution >= 0.6 is 0 Å². The maximum absolute atomic E-state index is 8.64. The lowest BCUT2D eigenvalue weighted by atomic mass is 10.1. The lowest BCUT2D eigenvalue weighted by molar-refractivity contribution is 0.395. The van der Waals surface area contributed by atoms with E-state index in [1.165, 1.54) is 0 Å². The summed E-state index contributed by atoms with van der Waals surface area (Å²) in [5, 5.41) is 14.5. The Bertz CT molecular complexity index is 384. The number of benzene rings is 1. The van der Waals surface area contributed by atoms with Crippen molar-refractivity contribution in [1.29, 1.82) is 5.26 Å². The molecule has 0 saturated carbocycles. The lowest BCUT2D eigenvalue weighted by Crippen LogP contribution is -2.08. The van der Waals surface area contributed by atoms with Crippen LogP contribution in [0.5, 0.6) is 0 Å². The van der Waals surface area contributed by atoms with E-state index in [1.54, 1.807) is 29.6 Å². The third-order valence-corrected chi connectivity index (χ3v) is 1.90. The molecule has 0 amide bonds. The molecule has 0 aromatic heterocycles. The molecule has 0 radical (unpaired) electrons. The summed E-state index contributed by atoms with van der Waals surface area (Å²) in [6, 6.07) is 9.51. The van der Waals surface area contributed by atoms with Crippen molar-refractivity contribution in [3.63, 3.8) is 0 Å². The number of hydrogen-bond acceptors (Lipinski definition) is 3. The zero-order valence-corrected chi connectivity index (χ0v) is 8.72. The van der Waals surface area contributed by atoms with Gasteiger partial charge in [-0.1, -0.05) is 18.7 Å². The van der Waals surface area contributed by atoms with Gasteiger partial charge in [0.2, 0.25) is 0 Å². The third kappa shape index (κ3) is 3.28. The molecule has 0 bridgehead atoms. The SMILES string of the molecule is C=CN(Cc1ccc(C#N)cc1)N=CC. The van der Waals surface area contributed by atoms with Crippen LogP contribution in [0.15, 0.2) is 42.1 Å². The van der Waals surface area contributed by atoms with Gasteiger partial charge in [-0.25, -0.2) is 0 Å². The highest BCUT2D eigenvalue weighted by Crippen LogP contribution is 2.07. The Kier molecular flexibility index (Phi) is 4.11. The number of nitrogens with zero attached hydrogens (tertiary/aromatic N) is 3. The fourth-order valence-corrected chi connectivity index (χ4v) is 1.17. The molecule has 1 aromatic carbocycles. The quantitative estimate of drug-likeness (QED) is 0.552. The molecule has 15 heavy (non-hydrogen) atoms. The molecular formula is C12H13N3. The number of hydrazone groups is 1. The van der Waals surface area contributed by atoms with Gasteiger partial charge in [0.15, 0.2) is 0 Å². The van der Waals surface area contributed by atoms with Crippen molar-refractivity contribution >= 4 is 6.21 Å². The van der Waals surface area contributed by atoms with E-state index in [4.69, 9.17) is 5.26 Å². The van der Waals surface area contributed by atoms with Crippen molar-refractivity contribution in [3.8, 4) is 6.07 Å². The van der Waals surface area contributed by atoms with Crippen molar-refractivity contribution in [2.24, 2.45) is 5.10 Å². The monoisotopic (exact) mass is 199 g/mol. The van der Waals surface area contributed by atoms with E-state index in [-0.39, 0.29) is 0 Å². The van der Waals surface area contributed by atoms with Crippen molar-refractivity contribution < 1.29 is 0 Å². The first-order chi connectivity index (χ1) is 7.30. The topological polar surface area (TPSA) is 39.4 Å². The molecule has 3 heteroatoms. The van der Waals surface area contributed by atoms with E-state index in [0.717, 1.165) is 5.56 Å². The van der Waals surface area contributed by atoms with E-state index in [0.29, 0.717) is 12.1 Å². The standard InChI is InChI=1S/C12H13N3/c1-3-14-15(4-2)10-12-7-5-11(9-13)6-8-12/h3-8H,2,10H2,1H3. The highest BCUT2D eigenvalue weighted by atomic mass is 15.4. The summed E-state index contributed by atoms with van der Waals surface area (Å²) in [4.78, 5) is 0. The molecule has 0 saturated heterocycles. The van der Waals surface area contributed by atoms with Gasteiger partial charge in [-0.2, -0.15) is 10.4 Å². The summed E-state index contributed by atoms with van der Waals surface area (Å²) in [5.41, 5.74) is 1.77. The van der Waals surface area contributed by atoms with Gasteiger partial charge in [0, 0.05) is 12.4 Å². The fraction of sp³-hybridized carbons (Fsp3) is 0.167. The van der Waals surface area contributed by atoms with Gasteiger partial charge in [-0.05, 0) is 24.6 Å². The smallest absolute Gasteiger partial charge is 0.0991 e. The van der Waals surface area contributed by atoms with Gasteiger partial charge >= 0.3 is 0 Å². The van der Waals surface area contributed by atoms with E-state index in [1.807, 2.05) is 19.1 Å². The second-order valence-electron chi connectivity index (χ2n) is 2.96. The molecule has 0 spiro atoms. The van der Waals surface area contributed by atoms with Crippen LogP contribution < -0.4 is 0 Å². The Labute approximate surface area is 89.9 Å². The second kappa shape index (κ2) is 5.61. The Morgan fingerprint density at radius 1 is 1.47 bits per heavy atom. The summed E-state index contributed by atoms with van der Waals surface area (Å²) in [6.45, 7) is 6.19. The van der Waals surface area contributed by atoms with Gasteiger partial charge < -0.3 is 0 Å². The molecule has 0 aliphatic carbocycles. The Morgan fingerprint density at radius 3 is 2.60 bits per heavy atom. The van der Waals surface area contributed by atoms with Gasteiger partial charge in [0.25, 0.3) is 0 Å². The first-order valence-corrected chi connectivity index (χ1v) is 4.67. The molecule has 76 valence electrons. The van der Waals surface area contributed by atoms with Crippen LogP contribution in [-0.2, 0) is 6.54 Å². The van der Waals surface area contributed by atoms with Gasteiger partial charge in [-0.15, -0.1) is 0 Å². The predicted molar refractivity (Wildman–Crippen MR) is 61.1 cm³/mol. The zero-order chi connectivity index (χ0) is 11.1. The summed E-state index contributed by atoms with van der Waals surface area (Å²) < 4.78 is 0. The fourth-order valence-electron chi connectivity index (χ4n) is 1.17. The first kappa shape index (κ1) is 11.0. The molecule has 3 nitrogen and oxygen atoms in total. The van der Waals surface area contributed by atoms with Gasteiger partial charge in [0.05, 0.1) is 18.2 Å². The molecule has 1 rings (SSSR count). The molecule has 0 atom stereocenters. The highest BCUT2D eigenvalue weighted by molar-refractivity contribution is 5.52. The van der Waals surface area contributed by atoms with E-state index >= 15 is 0 Å². The molecule has 0 aliphatic heterocycles. The van der Waals surface area contributed by atoms with Crippen molar-refractivity contribution in [2.45, 2.75) is 13.5 Å². The lowest BCUT2D eigenvalue weighted by Gasteiger charge is -2.13. The van der Waals surface area contributed by atoms with E-state index in [9.17, 15) is 0 Å². The molecular weight excluding hydrogens is 186 g/mol. The van der Waals surface area contributed by atoms with Crippen molar-refractivity contribution in [1.82, 2.24) is 5.01 Å². The van der Waals surface area contributed by atoms with E-state index in [2.05, 4.69) is 17.7 Å². The number of nitriles is 1. The maximum atomic E-state index is 8.64. The summed E-state index contributed by atoms with van der Waals surface area (Å²) in [6.07, 6.45) is 3.38. The summed E-state index contributed by atoms with van der Waals surface area (Å²) in [5.74, 6) is 0. The average molecular weight is 199 g/mol. The maximum Gasteiger partial charge on any atom is 0.0991 e. The van der Waals surface area contributed by atoms with Crippen LogP contribution in [0.25, 0.3) is 0 Å². The van der Waals surface area contributed by atoms with Gasteiger partial charge in [0.1, 0.15) is 0 Å². The summed E-state index contributed by atoms with van der Waals surface area (Å²) in [7, 11) is 0. The molecule has 0 unspecified atom stereocenters. The molecule has 0 heterocycles. The normalized spacial score (nSPS) is 9.87. The Hall–Kier alpha value is -2.08.